The van der Waals surface area contributed by atoms with Crippen molar-refractivity contribution in [2.24, 2.45) is 0 Å². The van der Waals surface area contributed by atoms with Crippen molar-refractivity contribution in [2.45, 2.75) is 32.6 Å². The smallest absolute Gasteiger partial charge is 0.343 e. The van der Waals surface area contributed by atoms with E-state index in [2.05, 4.69) is 10.1 Å². The van der Waals surface area contributed by atoms with Gasteiger partial charge in [0.1, 0.15) is 6.33 Å². The summed E-state index contributed by atoms with van der Waals surface area (Å²) in [6.45, 7) is 2.91. The Balaban J connectivity index is 1.61. The number of hydrogen-bond acceptors (Lipinski definition) is 9. The number of ether oxygens (including phenoxy) is 4. The van der Waals surface area contributed by atoms with Gasteiger partial charge in [-0.1, -0.05) is 36.4 Å². The highest BCUT2D eigenvalue weighted by Gasteiger charge is 2.28. The number of benzene rings is 3. The maximum absolute atomic E-state index is 13.1. The van der Waals surface area contributed by atoms with Gasteiger partial charge in [0.05, 0.1) is 28.9 Å². The Morgan fingerprint density at radius 3 is 2.15 bits per heavy atom. The summed E-state index contributed by atoms with van der Waals surface area (Å²) < 4.78 is 24.0. The molecule has 1 saturated heterocycles. The molecule has 0 bridgehead atoms. The zero-order valence-corrected chi connectivity index (χ0v) is 21.1. The molecule has 1 aliphatic rings. The molecule has 0 N–H and O–H groups in total. The van der Waals surface area contributed by atoms with E-state index in [1.165, 1.54) is 18.5 Å². The van der Waals surface area contributed by atoms with E-state index in [0.29, 0.717) is 19.6 Å². The number of carbonyl (C=O) groups is 3. The van der Waals surface area contributed by atoms with Crippen LogP contribution >= 0.6 is 0 Å². The van der Waals surface area contributed by atoms with E-state index in [9.17, 15) is 14.4 Å². The standard InChI is InChI=1S/C29H25N3O7/c1-2-32-18-30-26(31-32)22-16-21(29(35)38-24-14-9-15-36-24)17-23(37-27(33)19-10-5-3-6-11-19)25(22)39-28(34)20-12-7-4-8-13-20/h3-8,10-13,16-18,24H,2,9,14-15H2,1H3/t24-/m0/s1. The van der Waals surface area contributed by atoms with Crippen LogP contribution in [0.4, 0.5) is 0 Å². The van der Waals surface area contributed by atoms with Crippen molar-refractivity contribution in [2.75, 3.05) is 6.61 Å². The largest absolute Gasteiger partial charge is 0.432 e. The lowest BCUT2D eigenvalue weighted by Crippen LogP contribution is -2.18. The number of carbonyl (C=O) groups excluding carboxylic acids is 3. The first-order chi connectivity index (χ1) is 19.0. The second-order valence-corrected chi connectivity index (χ2v) is 8.63. The summed E-state index contributed by atoms with van der Waals surface area (Å²) in [5.41, 5.74) is 0.755. The molecule has 10 heteroatoms. The summed E-state index contributed by atoms with van der Waals surface area (Å²) in [5.74, 6) is -2.23. The minimum Gasteiger partial charge on any atom is -0.432 e. The van der Waals surface area contributed by atoms with E-state index in [0.717, 1.165) is 6.42 Å². The molecule has 1 atom stereocenters. The monoisotopic (exact) mass is 527 g/mol. The summed E-state index contributed by atoms with van der Waals surface area (Å²) in [4.78, 5) is 43.6. The average molecular weight is 528 g/mol. The van der Waals surface area contributed by atoms with Crippen LogP contribution in [-0.2, 0) is 16.0 Å². The minimum atomic E-state index is -0.713. The van der Waals surface area contributed by atoms with Crippen molar-refractivity contribution >= 4 is 17.9 Å². The van der Waals surface area contributed by atoms with Gasteiger partial charge in [-0.15, -0.1) is 0 Å². The number of esters is 3. The molecule has 1 aromatic heterocycles. The number of rotatable bonds is 8. The Hall–Kier alpha value is -4.83. The normalized spacial score (nSPS) is 14.5. The van der Waals surface area contributed by atoms with Gasteiger partial charge in [-0.3, -0.25) is 4.68 Å². The molecule has 10 nitrogen and oxygen atoms in total. The van der Waals surface area contributed by atoms with Crippen LogP contribution in [0.5, 0.6) is 11.5 Å². The van der Waals surface area contributed by atoms with Crippen molar-refractivity contribution in [1.82, 2.24) is 14.8 Å². The van der Waals surface area contributed by atoms with E-state index in [1.807, 2.05) is 6.92 Å². The molecule has 198 valence electrons. The molecule has 2 heterocycles. The topological polar surface area (TPSA) is 119 Å². The SMILES string of the molecule is CCn1cnc(-c2cc(C(=O)O[C@H]3CCCO3)cc(OC(=O)c3ccccc3)c2OC(=O)c2ccccc2)n1. The van der Waals surface area contributed by atoms with E-state index in [4.69, 9.17) is 18.9 Å². The molecule has 0 saturated carbocycles. The Kier molecular flexibility index (Phi) is 7.74. The third-order valence-corrected chi connectivity index (χ3v) is 5.93. The van der Waals surface area contributed by atoms with Crippen LogP contribution in [0.1, 0.15) is 50.8 Å². The highest BCUT2D eigenvalue weighted by Crippen LogP contribution is 2.40. The maximum Gasteiger partial charge on any atom is 0.343 e. The van der Waals surface area contributed by atoms with Gasteiger partial charge in [0.25, 0.3) is 0 Å². The number of nitrogens with zero attached hydrogens (tertiary/aromatic N) is 3. The molecule has 0 unspecified atom stereocenters. The van der Waals surface area contributed by atoms with Crippen LogP contribution < -0.4 is 9.47 Å². The molecule has 0 spiro atoms. The lowest BCUT2D eigenvalue weighted by atomic mass is 10.1. The summed E-state index contributed by atoms with van der Waals surface area (Å²) in [5, 5.41) is 4.42. The molecule has 4 aromatic rings. The molecule has 1 aliphatic heterocycles. The molecule has 3 aromatic carbocycles. The Bertz CT molecular complexity index is 1480. The third-order valence-electron chi connectivity index (χ3n) is 5.93. The number of hydrogen-bond donors (Lipinski definition) is 0. The van der Waals surface area contributed by atoms with Crippen LogP contribution in [0.2, 0.25) is 0 Å². The van der Waals surface area contributed by atoms with Gasteiger partial charge in [-0.2, -0.15) is 5.10 Å². The summed E-state index contributed by atoms with van der Waals surface area (Å²) >= 11 is 0. The summed E-state index contributed by atoms with van der Waals surface area (Å²) in [7, 11) is 0. The van der Waals surface area contributed by atoms with Gasteiger partial charge in [0.15, 0.2) is 17.3 Å². The quantitative estimate of drug-likeness (QED) is 0.237. The molecule has 0 aliphatic carbocycles. The molecule has 5 rings (SSSR count). The molecule has 0 amide bonds. The number of aromatic nitrogens is 3. The van der Waals surface area contributed by atoms with Gasteiger partial charge in [-0.05, 0) is 49.7 Å². The first-order valence-corrected chi connectivity index (χ1v) is 12.5. The highest BCUT2D eigenvalue weighted by atomic mass is 16.7. The Morgan fingerprint density at radius 1 is 0.897 bits per heavy atom. The lowest BCUT2D eigenvalue weighted by molar-refractivity contribution is -0.0776. The highest BCUT2D eigenvalue weighted by molar-refractivity contribution is 5.97. The van der Waals surface area contributed by atoms with Crippen molar-refractivity contribution in [3.63, 3.8) is 0 Å². The van der Waals surface area contributed by atoms with Crippen LogP contribution in [-0.4, -0.2) is 45.6 Å². The predicted octanol–water partition coefficient (Wildman–Crippen LogP) is 4.70. The summed E-state index contributed by atoms with van der Waals surface area (Å²) in [6, 6.07) is 19.4. The van der Waals surface area contributed by atoms with E-state index in [-0.39, 0.29) is 39.6 Å². The fourth-order valence-electron chi connectivity index (χ4n) is 3.93. The first kappa shape index (κ1) is 25.8. The second-order valence-electron chi connectivity index (χ2n) is 8.63. The zero-order valence-electron chi connectivity index (χ0n) is 21.1. The van der Waals surface area contributed by atoms with Gasteiger partial charge in [0, 0.05) is 13.0 Å². The molecular formula is C29H25N3O7. The average Bonchev–Trinajstić information content (AvgIpc) is 3.67. The van der Waals surface area contributed by atoms with Gasteiger partial charge in [0.2, 0.25) is 6.29 Å². The Labute approximate surface area is 224 Å². The predicted molar refractivity (Wildman–Crippen MR) is 138 cm³/mol. The number of aryl methyl sites for hydroxylation is 1. The molecular weight excluding hydrogens is 502 g/mol. The van der Waals surface area contributed by atoms with Crippen LogP contribution in [0.3, 0.4) is 0 Å². The second kappa shape index (κ2) is 11.7. The van der Waals surface area contributed by atoms with Crippen molar-refractivity contribution in [1.29, 1.82) is 0 Å². The van der Waals surface area contributed by atoms with Gasteiger partial charge >= 0.3 is 17.9 Å². The van der Waals surface area contributed by atoms with Gasteiger partial charge < -0.3 is 18.9 Å². The van der Waals surface area contributed by atoms with Gasteiger partial charge in [-0.25, -0.2) is 19.4 Å². The summed E-state index contributed by atoms with van der Waals surface area (Å²) in [6.07, 6.45) is 2.18. The minimum absolute atomic E-state index is 0.0451. The Morgan fingerprint density at radius 2 is 1.56 bits per heavy atom. The molecule has 0 radical (unpaired) electrons. The van der Waals surface area contributed by atoms with Crippen LogP contribution in [0.25, 0.3) is 11.4 Å². The lowest BCUT2D eigenvalue weighted by Gasteiger charge is -2.16. The van der Waals surface area contributed by atoms with Crippen LogP contribution in [0, 0.1) is 0 Å². The van der Waals surface area contributed by atoms with E-state index >= 15 is 0 Å². The van der Waals surface area contributed by atoms with Crippen LogP contribution in [0.15, 0.2) is 79.1 Å². The van der Waals surface area contributed by atoms with Crippen molar-refractivity contribution < 1.29 is 33.3 Å². The van der Waals surface area contributed by atoms with Crippen molar-refractivity contribution in [3.05, 3.63) is 95.8 Å². The first-order valence-electron chi connectivity index (χ1n) is 12.5. The molecule has 1 fully saturated rings. The maximum atomic E-state index is 13.1. The zero-order chi connectivity index (χ0) is 27.2. The van der Waals surface area contributed by atoms with Crippen molar-refractivity contribution in [3.8, 4) is 22.9 Å². The molecule has 39 heavy (non-hydrogen) atoms. The third kappa shape index (κ3) is 6.02. The van der Waals surface area contributed by atoms with E-state index in [1.54, 1.807) is 65.3 Å². The van der Waals surface area contributed by atoms with E-state index < -0.39 is 24.2 Å². The fraction of sp³-hybridized carbons (Fsp3) is 0.207. The fourth-order valence-corrected chi connectivity index (χ4v) is 3.93.